The highest BCUT2D eigenvalue weighted by Crippen LogP contribution is 2.16. The van der Waals surface area contributed by atoms with Gasteiger partial charge in [-0.15, -0.1) is 0 Å². The van der Waals surface area contributed by atoms with E-state index in [4.69, 9.17) is 0 Å². The maximum Gasteiger partial charge on any atom is 0.230 e. The zero-order chi connectivity index (χ0) is 9.80. The second kappa shape index (κ2) is 5.45. The zero-order valence-electron chi connectivity index (χ0n) is 8.80. The van der Waals surface area contributed by atoms with Crippen molar-refractivity contribution in [3.8, 4) is 0 Å². The molecule has 2 aliphatic rings. The first kappa shape index (κ1) is 10.9. The molecular weight excluding hydrogens is 212 g/mol. The molecule has 2 heterocycles. The lowest BCUT2D eigenvalue weighted by molar-refractivity contribution is -0.114. The number of hydrogen-bond acceptors (Lipinski definition) is 1. The van der Waals surface area contributed by atoms with E-state index in [-0.39, 0.29) is 0 Å². The van der Waals surface area contributed by atoms with E-state index in [2.05, 4.69) is 0 Å². The maximum atomic E-state index is 11.8. The summed E-state index contributed by atoms with van der Waals surface area (Å²) in [4.78, 5) is 11.8. The molecule has 0 atom stereocenters. The lowest BCUT2D eigenvalue weighted by Crippen LogP contribution is -2.25. The molecule has 1 nitrogen and oxygen atoms in total. The summed E-state index contributed by atoms with van der Waals surface area (Å²) in [6.07, 6.45) is 5.51. The smallest absolute Gasteiger partial charge is 0.230 e. The van der Waals surface area contributed by atoms with Gasteiger partial charge in [-0.25, -0.2) is 0 Å². The molecule has 0 aromatic carbocycles. The van der Waals surface area contributed by atoms with Gasteiger partial charge in [0.25, 0.3) is 0 Å². The van der Waals surface area contributed by atoms with Gasteiger partial charge in [0, 0.05) is 0 Å². The van der Waals surface area contributed by atoms with Gasteiger partial charge < -0.3 is 0 Å². The first-order valence-electron chi connectivity index (χ1n) is 5.64. The van der Waals surface area contributed by atoms with Gasteiger partial charge in [-0.3, -0.25) is 4.79 Å². The summed E-state index contributed by atoms with van der Waals surface area (Å²) in [5, 5.41) is 0. The van der Waals surface area contributed by atoms with Crippen molar-refractivity contribution < 1.29 is 4.79 Å². The number of rotatable bonds is 4. The van der Waals surface area contributed by atoms with Crippen molar-refractivity contribution in [2.45, 2.75) is 25.7 Å². The van der Waals surface area contributed by atoms with E-state index in [1.54, 1.807) is 0 Å². The number of ketones is 1. The Bertz CT molecular complexity index is 173. The maximum absolute atomic E-state index is 11.8. The molecule has 3 heteroatoms. The average molecular weight is 232 g/mol. The molecular formula is C11H20OS2+2. The normalized spacial score (nSPS) is 24.6. The molecule has 0 N–H and O–H groups in total. The van der Waals surface area contributed by atoms with Crippen molar-refractivity contribution in [2.75, 3.05) is 34.5 Å². The van der Waals surface area contributed by atoms with Gasteiger partial charge in [0.05, 0.1) is 0 Å². The van der Waals surface area contributed by atoms with E-state index >= 15 is 0 Å². The van der Waals surface area contributed by atoms with E-state index in [9.17, 15) is 4.79 Å². The van der Waals surface area contributed by atoms with Crippen LogP contribution >= 0.6 is 0 Å². The van der Waals surface area contributed by atoms with Gasteiger partial charge in [-0.1, -0.05) is 0 Å². The summed E-state index contributed by atoms with van der Waals surface area (Å²) in [6.45, 7) is 0. The molecule has 0 amide bonds. The number of Topliss-reactive ketones (excluding diaryl/α,β-unsaturated/α-hetero) is 1. The van der Waals surface area contributed by atoms with E-state index in [1.165, 1.54) is 48.7 Å². The van der Waals surface area contributed by atoms with Crippen molar-refractivity contribution >= 4 is 27.6 Å². The van der Waals surface area contributed by atoms with E-state index < -0.39 is 0 Å². The van der Waals surface area contributed by atoms with E-state index in [0.717, 1.165) is 11.5 Å². The Morgan fingerprint density at radius 2 is 1.14 bits per heavy atom. The van der Waals surface area contributed by atoms with Crippen LogP contribution in [0.4, 0.5) is 0 Å². The fraction of sp³-hybridized carbons (Fsp3) is 0.909. The Hall–Kier alpha value is 0.370. The third kappa shape index (κ3) is 3.20. The summed E-state index contributed by atoms with van der Waals surface area (Å²) >= 11 is 0. The van der Waals surface area contributed by atoms with Crippen LogP contribution in [0.5, 0.6) is 0 Å². The Balaban J connectivity index is 1.66. The molecule has 14 heavy (non-hydrogen) atoms. The van der Waals surface area contributed by atoms with Crippen molar-refractivity contribution in [1.82, 2.24) is 0 Å². The average Bonchev–Trinajstić information content (AvgIpc) is 2.76. The molecule has 2 saturated heterocycles. The van der Waals surface area contributed by atoms with E-state index in [0.29, 0.717) is 27.6 Å². The van der Waals surface area contributed by atoms with Crippen LogP contribution in [0, 0.1) is 0 Å². The van der Waals surface area contributed by atoms with Gasteiger partial charge in [0.1, 0.15) is 23.0 Å². The highest BCUT2D eigenvalue weighted by Gasteiger charge is 2.32. The predicted molar refractivity (Wildman–Crippen MR) is 67.4 cm³/mol. The van der Waals surface area contributed by atoms with Crippen LogP contribution in [-0.4, -0.2) is 40.3 Å². The first-order valence-corrected chi connectivity index (χ1v) is 9.11. The molecule has 0 spiro atoms. The minimum absolute atomic E-state index is 0.498. The van der Waals surface area contributed by atoms with Gasteiger partial charge in [-0.05, 0) is 47.5 Å². The Labute approximate surface area is 92.7 Å². The fourth-order valence-corrected chi connectivity index (χ4v) is 6.89. The molecule has 0 aliphatic carbocycles. The van der Waals surface area contributed by atoms with Crippen LogP contribution in [0.15, 0.2) is 0 Å². The molecule has 2 aliphatic heterocycles. The molecule has 2 fully saturated rings. The Morgan fingerprint density at radius 1 is 0.786 bits per heavy atom. The molecule has 0 radical (unpaired) electrons. The van der Waals surface area contributed by atoms with Crippen LogP contribution in [0.25, 0.3) is 0 Å². The summed E-state index contributed by atoms with van der Waals surface area (Å²) in [5.74, 6) is 7.84. The molecule has 80 valence electrons. The minimum Gasteiger partial charge on any atom is -0.289 e. The molecule has 0 bridgehead atoms. The molecule has 0 unspecified atom stereocenters. The van der Waals surface area contributed by atoms with Gasteiger partial charge >= 0.3 is 0 Å². The minimum atomic E-state index is 0.498. The highest BCUT2D eigenvalue weighted by atomic mass is 32.2. The largest absolute Gasteiger partial charge is 0.289 e. The number of carbonyl (C=O) groups is 1. The monoisotopic (exact) mass is 232 g/mol. The second-order valence-electron chi connectivity index (χ2n) is 4.28. The molecule has 2 rings (SSSR count). The van der Waals surface area contributed by atoms with Crippen molar-refractivity contribution in [3.05, 3.63) is 0 Å². The molecule has 0 aromatic rings. The lowest BCUT2D eigenvalue weighted by Gasteiger charge is -2.00. The Kier molecular flexibility index (Phi) is 4.24. The van der Waals surface area contributed by atoms with Gasteiger partial charge in [0.2, 0.25) is 5.78 Å². The lowest BCUT2D eigenvalue weighted by atomic mass is 10.4. The number of hydrogen-bond donors (Lipinski definition) is 0. The fourth-order valence-electron chi connectivity index (χ4n) is 2.21. The SMILES string of the molecule is O=C(C[S+]1CCCC1)C[S+]1CCCC1. The van der Waals surface area contributed by atoms with Crippen LogP contribution in [0.1, 0.15) is 25.7 Å². The van der Waals surface area contributed by atoms with Gasteiger partial charge in [-0.2, -0.15) is 0 Å². The van der Waals surface area contributed by atoms with Crippen LogP contribution in [0.2, 0.25) is 0 Å². The predicted octanol–water partition coefficient (Wildman–Crippen LogP) is 1.38. The van der Waals surface area contributed by atoms with Gasteiger partial charge in [0.15, 0.2) is 11.5 Å². The molecule has 0 saturated carbocycles. The molecule has 0 aromatic heterocycles. The van der Waals surface area contributed by atoms with Crippen LogP contribution in [-0.2, 0) is 26.6 Å². The summed E-state index contributed by atoms with van der Waals surface area (Å²) in [7, 11) is 0.995. The van der Waals surface area contributed by atoms with E-state index in [1.807, 2.05) is 0 Å². The van der Waals surface area contributed by atoms with Crippen LogP contribution < -0.4 is 0 Å². The zero-order valence-corrected chi connectivity index (χ0v) is 10.4. The quantitative estimate of drug-likeness (QED) is 0.669. The summed E-state index contributed by atoms with van der Waals surface area (Å²) in [6, 6.07) is 0. The topological polar surface area (TPSA) is 17.1 Å². The highest BCUT2D eigenvalue weighted by molar-refractivity contribution is 7.99. The van der Waals surface area contributed by atoms with Crippen molar-refractivity contribution in [1.29, 1.82) is 0 Å². The van der Waals surface area contributed by atoms with Crippen molar-refractivity contribution in [3.63, 3.8) is 0 Å². The number of carbonyl (C=O) groups excluding carboxylic acids is 1. The van der Waals surface area contributed by atoms with Crippen molar-refractivity contribution in [2.24, 2.45) is 0 Å². The summed E-state index contributed by atoms with van der Waals surface area (Å²) < 4.78 is 0. The first-order chi connectivity index (χ1) is 6.84. The van der Waals surface area contributed by atoms with Crippen LogP contribution in [0.3, 0.4) is 0 Å². The Morgan fingerprint density at radius 3 is 1.50 bits per heavy atom. The second-order valence-corrected chi connectivity index (χ2v) is 8.94. The summed E-state index contributed by atoms with van der Waals surface area (Å²) in [5.41, 5.74) is 0. The standard InChI is InChI=1S/C11H20OS2/c12-11(9-13-5-1-2-6-13)10-14-7-3-4-8-14/h1-10H2/q+2. The third-order valence-electron chi connectivity index (χ3n) is 2.96. The third-order valence-corrected chi connectivity index (χ3v) is 7.89.